The van der Waals surface area contributed by atoms with Gasteiger partial charge in [-0.25, -0.2) is 10.3 Å². The second kappa shape index (κ2) is 5.51. The fourth-order valence-corrected chi connectivity index (χ4v) is 2.58. The van der Waals surface area contributed by atoms with E-state index >= 15 is 0 Å². The molecule has 1 saturated heterocycles. The van der Waals surface area contributed by atoms with Gasteiger partial charge in [0.05, 0.1) is 5.69 Å². The molecule has 0 aromatic heterocycles. The number of carbonyl (C=O) groups is 1. The number of para-hydroxylation sites is 1. The monoisotopic (exact) mass is 260 g/mol. The van der Waals surface area contributed by atoms with E-state index in [2.05, 4.69) is 11.5 Å². The van der Waals surface area contributed by atoms with Crippen molar-refractivity contribution in [2.75, 3.05) is 18.6 Å². The largest absolute Gasteiger partial charge is 0.434 e. The number of carbonyl (C=O) groups excluding carboxylic acids is 1. The van der Waals surface area contributed by atoms with Gasteiger partial charge < -0.3 is 9.74 Å². The Morgan fingerprint density at radius 2 is 1.89 bits per heavy atom. The van der Waals surface area contributed by atoms with Crippen molar-refractivity contribution in [3.63, 3.8) is 0 Å². The molecule has 0 spiro atoms. The van der Waals surface area contributed by atoms with Gasteiger partial charge in [-0.05, 0) is 49.7 Å². The lowest BCUT2D eigenvalue weighted by Gasteiger charge is -2.25. The summed E-state index contributed by atoms with van der Waals surface area (Å²) in [4.78, 5) is 18.9. The van der Waals surface area contributed by atoms with Gasteiger partial charge in [0.2, 0.25) is 0 Å². The fraction of sp³-hybridized carbons (Fsp3) is 0.533. The number of hydrogen-bond donors (Lipinski definition) is 1. The van der Waals surface area contributed by atoms with Gasteiger partial charge in [0, 0.05) is 13.1 Å². The summed E-state index contributed by atoms with van der Waals surface area (Å²) >= 11 is 0. The van der Waals surface area contributed by atoms with Crippen LogP contribution in [0.2, 0.25) is 0 Å². The molecule has 4 heteroatoms. The number of amides is 1. The molecule has 0 unspecified atom stereocenters. The quantitative estimate of drug-likeness (QED) is 0.845. The van der Waals surface area contributed by atoms with Crippen LogP contribution in [0.25, 0.3) is 0 Å². The van der Waals surface area contributed by atoms with E-state index in [4.69, 9.17) is 4.84 Å². The van der Waals surface area contributed by atoms with Gasteiger partial charge in [-0.15, -0.1) is 0 Å². The molecule has 19 heavy (non-hydrogen) atoms. The van der Waals surface area contributed by atoms with Crippen LogP contribution in [-0.4, -0.2) is 24.1 Å². The first-order chi connectivity index (χ1) is 9.34. The molecule has 2 aliphatic rings. The van der Waals surface area contributed by atoms with Crippen molar-refractivity contribution >= 4 is 11.8 Å². The van der Waals surface area contributed by atoms with E-state index in [0.717, 1.165) is 31.6 Å². The highest BCUT2D eigenvalue weighted by molar-refractivity contribution is 5.69. The Bertz CT molecular complexity index is 451. The number of nitrogens with zero attached hydrogens (tertiary/aromatic N) is 1. The third kappa shape index (κ3) is 3.00. The number of nitrogens with one attached hydrogen (secondary N) is 1. The molecule has 102 valence electrons. The molecular formula is C15H20N2O2. The molecule has 1 aliphatic heterocycles. The number of rotatable bonds is 3. The van der Waals surface area contributed by atoms with Crippen molar-refractivity contribution in [2.45, 2.75) is 38.0 Å². The van der Waals surface area contributed by atoms with Crippen molar-refractivity contribution in [3.8, 4) is 0 Å². The normalized spacial score (nSPS) is 19.1. The number of benzene rings is 1. The number of piperidine rings is 1. The van der Waals surface area contributed by atoms with Crippen LogP contribution in [0, 0.1) is 0 Å². The maximum Gasteiger partial charge on any atom is 0.434 e. The Hall–Kier alpha value is -1.71. The Morgan fingerprint density at radius 3 is 2.63 bits per heavy atom. The molecule has 1 aromatic rings. The van der Waals surface area contributed by atoms with Crippen molar-refractivity contribution in [2.24, 2.45) is 0 Å². The van der Waals surface area contributed by atoms with Gasteiger partial charge in [-0.3, -0.25) is 0 Å². The Balaban J connectivity index is 1.58. The van der Waals surface area contributed by atoms with Gasteiger partial charge in [0.1, 0.15) is 0 Å². The second-order valence-electron chi connectivity index (χ2n) is 5.38. The molecular weight excluding hydrogens is 240 g/mol. The van der Waals surface area contributed by atoms with E-state index in [0.29, 0.717) is 5.92 Å². The molecule has 1 saturated carbocycles. The Morgan fingerprint density at radius 1 is 1.16 bits per heavy atom. The maximum atomic E-state index is 11.9. The molecule has 0 bridgehead atoms. The van der Waals surface area contributed by atoms with Gasteiger partial charge >= 0.3 is 6.09 Å². The van der Waals surface area contributed by atoms with E-state index < -0.39 is 0 Å². The first-order valence-corrected chi connectivity index (χ1v) is 7.15. The Labute approximate surface area is 113 Å². The highest BCUT2D eigenvalue weighted by atomic mass is 16.7. The summed E-state index contributed by atoms with van der Waals surface area (Å²) in [6, 6.07) is 8.07. The third-order valence-corrected chi connectivity index (χ3v) is 3.84. The second-order valence-corrected chi connectivity index (χ2v) is 5.38. The zero-order chi connectivity index (χ0) is 13.1. The summed E-state index contributed by atoms with van der Waals surface area (Å²) in [5.41, 5.74) is 5.02. The summed E-state index contributed by atoms with van der Waals surface area (Å²) in [7, 11) is 0. The smallest absolute Gasteiger partial charge is 0.324 e. The van der Waals surface area contributed by atoms with Crippen LogP contribution >= 0.6 is 0 Å². The van der Waals surface area contributed by atoms with Crippen LogP contribution < -0.4 is 5.48 Å². The molecule has 1 heterocycles. The van der Waals surface area contributed by atoms with Crippen LogP contribution in [0.3, 0.4) is 0 Å². The molecule has 0 atom stereocenters. The van der Waals surface area contributed by atoms with Crippen LogP contribution in [0.4, 0.5) is 10.5 Å². The standard InChI is InChI=1S/C15H20N2O2/c18-15(17-10-4-1-5-11-17)19-16-14-7-3-2-6-13(14)12-8-9-12/h2-3,6-7,12,16H,1,4-5,8-11H2. The van der Waals surface area contributed by atoms with Crippen molar-refractivity contribution in [1.82, 2.24) is 4.90 Å². The lowest BCUT2D eigenvalue weighted by molar-refractivity contribution is 0.114. The highest BCUT2D eigenvalue weighted by Crippen LogP contribution is 2.43. The molecule has 1 aliphatic carbocycles. The summed E-state index contributed by atoms with van der Waals surface area (Å²) in [5.74, 6) is 0.636. The number of likely N-dealkylation sites (tertiary alicyclic amines) is 1. The van der Waals surface area contributed by atoms with Gasteiger partial charge in [-0.1, -0.05) is 18.2 Å². The van der Waals surface area contributed by atoms with Crippen LogP contribution in [0.5, 0.6) is 0 Å². The average Bonchev–Trinajstić information content (AvgIpc) is 3.30. The predicted molar refractivity (Wildman–Crippen MR) is 73.9 cm³/mol. The number of anilines is 1. The highest BCUT2D eigenvalue weighted by Gasteiger charge is 2.26. The maximum absolute atomic E-state index is 11.9. The molecule has 4 nitrogen and oxygen atoms in total. The first-order valence-electron chi connectivity index (χ1n) is 7.15. The van der Waals surface area contributed by atoms with E-state index in [9.17, 15) is 4.79 Å². The predicted octanol–water partition coefficient (Wildman–Crippen LogP) is 3.51. The summed E-state index contributed by atoms with van der Waals surface area (Å²) < 4.78 is 0. The topological polar surface area (TPSA) is 41.6 Å². The zero-order valence-electron chi connectivity index (χ0n) is 11.1. The van der Waals surface area contributed by atoms with Crippen molar-refractivity contribution in [1.29, 1.82) is 0 Å². The summed E-state index contributed by atoms with van der Waals surface area (Å²) in [5, 5.41) is 0. The average molecular weight is 260 g/mol. The first kappa shape index (κ1) is 12.3. The lowest BCUT2D eigenvalue weighted by atomic mass is 10.1. The molecule has 0 radical (unpaired) electrons. The molecule has 2 fully saturated rings. The van der Waals surface area contributed by atoms with Gasteiger partial charge in [0.15, 0.2) is 0 Å². The molecule has 1 N–H and O–H groups in total. The molecule has 1 aromatic carbocycles. The zero-order valence-corrected chi connectivity index (χ0v) is 11.1. The molecule has 3 rings (SSSR count). The van der Waals surface area contributed by atoms with Crippen molar-refractivity contribution in [3.05, 3.63) is 29.8 Å². The van der Waals surface area contributed by atoms with Crippen LogP contribution in [0.15, 0.2) is 24.3 Å². The van der Waals surface area contributed by atoms with Gasteiger partial charge in [0.25, 0.3) is 0 Å². The SMILES string of the molecule is O=C(ONc1ccccc1C1CC1)N1CCCCC1. The number of hydrogen-bond acceptors (Lipinski definition) is 3. The van der Waals surface area contributed by atoms with Crippen LogP contribution in [-0.2, 0) is 4.84 Å². The fourth-order valence-electron chi connectivity index (χ4n) is 2.58. The van der Waals surface area contributed by atoms with Gasteiger partial charge in [-0.2, -0.15) is 0 Å². The minimum atomic E-state index is -0.259. The Kier molecular flexibility index (Phi) is 3.58. The van der Waals surface area contributed by atoms with Crippen molar-refractivity contribution < 1.29 is 9.63 Å². The van der Waals surface area contributed by atoms with E-state index in [1.807, 2.05) is 18.2 Å². The van der Waals surface area contributed by atoms with E-state index in [1.165, 1.54) is 24.8 Å². The minimum Gasteiger partial charge on any atom is -0.324 e. The minimum absolute atomic E-state index is 0.259. The lowest BCUT2D eigenvalue weighted by Crippen LogP contribution is -2.37. The van der Waals surface area contributed by atoms with E-state index in [1.54, 1.807) is 4.90 Å². The summed E-state index contributed by atoms with van der Waals surface area (Å²) in [6.07, 6.45) is 5.58. The van der Waals surface area contributed by atoms with E-state index in [-0.39, 0.29) is 6.09 Å². The summed E-state index contributed by atoms with van der Waals surface area (Å²) in [6.45, 7) is 1.62. The molecule has 1 amide bonds. The third-order valence-electron chi connectivity index (χ3n) is 3.84. The van der Waals surface area contributed by atoms with Crippen LogP contribution in [0.1, 0.15) is 43.6 Å².